The summed E-state index contributed by atoms with van der Waals surface area (Å²) in [5.41, 5.74) is 1.18. The fourth-order valence-electron chi connectivity index (χ4n) is 1.70. The second-order valence-corrected chi connectivity index (χ2v) is 5.72. The number of ether oxygens (including phenoxy) is 1. The monoisotopic (exact) mass is 303 g/mol. The molecule has 0 aliphatic heterocycles. The molecule has 0 radical (unpaired) electrons. The van der Waals surface area contributed by atoms with E-state index in [1.54, 1.807) is 12.1 Å². The summed E-state index contributed by atoms with van der Waals surface area (Å²) in [6, 6.07) is 11.1. The van der Waals surface area contributed by atoms with Crippen LogP contribution in [0.15, 0.2) is 36.4 Å². The predicted octanol–water partition coefficient (Wildman–Crippen LogP) is 3.07. The molecule has 1 aromatic carbocycles. The first kappa shape index (κ1) is 15.3. The summed E-state index contributed by atoms with van der Waals surface area (Å²) in [6.07, 6.45) is 0. The van der Waals surface area contributed by atoms with Gasteiger partial charge in [0.05, 0.1) is 16.3 Å². The topological polar surface area (TPSA) is 55.4 Å². The molecule has 0 aliphatic rings. The number of benzene rings is 1. The summed E-state index contributed by atoms with van der Waals surface area (Å²) in [6.45, 7) is 4.32. The van der Waals surface area contributed by atoms with Crippen LogP contribution in [0, 0.1) is 6.92 Å². The van der Waals surface area contributed by atoms with Crippen molar-refractivity contribution in [3.63, 3.8) is 0 Å². The molecule has 2 rings (SSSR count). The molecule has 0 atom stereocenters. The van der Waals surface area contributed by atoms with Crippen molar-refractivity contribution in [2.24, 2.45) is 0 Å². The molecule has 21 heavy (non-hydrogen) atoms. The van der Waals surface area contributed by atoms with Gasteiger partial charge in [0.15, 0.2) is 5.78 Å². The largest absolute Gasteiger partial charge is 0.492 e. The van der Waals surface area contributed by atoms with Gasteiger partial charge < -0.3 is 10.1 Å². The summed E-state index contributed by atoms with van der Waals surface area (Å²) in [7, 11) is 0. The van der Waals surface area contributed by atoms with E-state index in [1.165, 1.54) is 23.8 Å². The summed E-state index contributed by atoms with van der Waals surface area (Å²) < 4.78 is 5.53. The van der Waals surface area contributed by atoms with Gasteiger partial charge in [0.25, 0.3) is 5.91 Å². The maximum absolute atomic E-state index is 11.9. The molecule has 0 spiro atoms. The lowest BCUT2D eigenvalue weighted by molar-refractivity contribution is 0.0950. The van der Waals surface area contributed by atoms with Crippen molar-refractivity contribution in [1.82, 2.24) is 5.32 Å². The second kappa shape index (κ2) is 7.04. The molecule has 1 heterocycles. The van der Waals surface area contributed by atoms with Crippen molar-refractivity contribution in [3.05, 3.63) is 51.7 Å². The Balaban J connectivity index is 1.76. The van der Waals surface area contributed by atoms with Gasteiger partial charge in [-0.1, -0.05) is 17.7 Å². The number of carbonyl (C=O) groups excluding carboxylic acids is 2. The number of rotatable bonds is 6. The molecule has 2 aromatic rings. The lowest BCUT2D eigenvalue weighted by Crippen LogP contribution is -2.27. The van der Waals surface area contributed by atoms with Crippen LogP contribution in [-0.2, 0) is 0 Å². The highest BCUT2D eigenvalue weighted by Crippen LogP contribution is 2.16. The standard InChI is InChI=1S/C16H17NO3S/c1-11-3-5-13(6-4-11)20-10-9-17-16(19)15-8-7-14(21-15)12(2)18/h3-8H,9-10H2,1-2H3,(H,17,19). The minimum atomic E-state index is -0.181. The van der Waals surface area contributed by atoms with Gasteiger partial charge in [0.1, 0.15) is 12.4 Å². The Kier molecular flexibility index (Phi) is 5.11. The van der Waals surface area contributed by atoms with E-state index >= 15 is 0 Å². The Morgan fingerprint density at radius 2 is 1.76 bits per heavy atom. The highest BCUT2D eigenvalue weighted by molar-refractivity contribution is 7.15. The van der Waals surface area contributed by atoms with Crippen molar-refractivity contribution in [1.29, 1.82) is 0 Å². The SMILES string of the molecule is CC(=O)c1ccc(C(=O)NCCOc2ccc(C)cc2)s1. The first-order chi connectivity index (χ1) is 10.1. The number of thiophene rings is 1. The van der Waals surface area contributed by atoms with E-state index in [0.717, 1.165) is 5.75 Å². The smallest absolute Gasteiger partial charge is 0.261 e. The third-order valence-corrected chi connectivity index (χ3v) is 4.04. The van der Waals surface area contributed by atoms with Crippen molar-refractivity contribution in [2.45, 2.75) is 13.8 Å². The minimum Gasteiger partial charge on any atom is -0.492 e. The Morgan fingerprint density at radius 3 is 2.38 bits per heavy atom. The third kappa shape index (κ3) is 4.43. The van der Waals surface area contributed by atoms with Crippen molar-refractivity contribution in [3.8, 4) is 5.75 Å². The number of aryl methyl sites for hydroxylation is 1. The quantitative estimate of drug-likeness (QED) is 0.659. The Morgan fingerprint density at radius 1 is 1.10 bits per heavy atom. The number of Topliss-reactive ketones (excluding diaryl/α,β-unsaturated/α-hetero) is 1. The average Bonchev–Trinajstić information content (AvgIpc) is 2.95. The van der Waals surface area contributed by atoms with Crippen LogP contribution in [0.2, 0.25) is 0 Å². The first-order valence-corrected chi connectivity index (χ1v) is 7.46. The molecule has 1 amide bonds. The molecular formula is C16H17NO3S. The third-order valence-electron chi connectivity index (χ3n) is 2.85. The first-order valence-electron chi connectivity index (χ1n) is 6.64. The fraction of sp³-hybridized carbons (Fsp3) is 0.250. The number of hydrogen-bond donors (Lipinski definition) is 1. The van der Waals surface area contributed by atoms with E-state index in [2.05, 4.69) is 5.32 Å². The average molecular weight is 303 g/mol. The molecule has 0 bridgehead atoms. The maximum Gasteiger partial charge on any atom is 0.261 e. The lowest BCUT2D eigenvalue weighted by atomic mass is 10.2. The van der Waals surface area contributed by atoms with Crippen LogP contribution in [0.4, 0.5) is 0 Å². The molecule has 0 saturated heterocycles. The molecule has 1 N–H and O–H groups in total. The Labute approximate surface area is 127 Å². The van der Waals surface area contributed by atoms with E-state index in [0.29, 0.717) is 22.9 Å². The number of nitrogens with one attached hydrogen (secondary N) is 1. The molecular weight excluding hydrogens is 286 g/mol. The number of ketones is 1. The Bertz CT molecular complexity index is 631. The molecule has 4 nitrogen and oxygen atoms in total. The van der Waals surface area contributed by atoms with Crippen LogP contribution in [0.1, 0.15) is 31.8 Å². The maximum atomic E-state index is 11.9. The molecule has 0 fully saturated rings. The van der Waals surface area contributed by atoms with Crippen LogP contribution < -0.4 is 10.1 Å². The number of amides is 1. The number of carbonyl (C=O) groups is 2. The second-order valence-electron chi connectivity index (χ2n) is 4.64. The van der Waals surface area contributed by atoms with Crippen LogP contribution in [0.5, 0.6) is 5.75 Å². The normalized spacial score (nSPS) is 10.2. The van der Waals surface area contributed by atoms with Crippen LogP contribution in [0.3, 0.4) is 0 Å². The van der Waals surface area contributed by atoms with Crippen LogP contribution >= 0.6 is 11.3 Å². The van der Waals surface area contributed by atoms with Crippen molar-refractivity contribution >= 4 is 23.0 Å². The van der Waals surface area contributed by atoms with E-state index in [1.807, 2.05) is 31.2 Å². The zero-order chi connectivity index (χ0) is 15.2. The van der Waals surface area contributed by atoms with E-state index in [9.17, 15) is 9.59 Å². The minimum absolute atomic E-state index is 0.0262. The van der Waals surface area contributed by atoms with Gasteiger partial charge in [-0.25, -0.2) is 0 Å². The summed E-state index contributed by atoms with van der Waals surface area (Å²) in [5, 5.41) is 2.77. The van der Waals surface area contributed by atoms with E-state index < -0.39 is 0 Å². The summed E-state index contributed by atoms with van der Waals surface area (Å²) in [4.78, 5) is 24.2. The van der Waals surface area contributed by atoms with Crippen LogP contribution in [0.25, 0.3) is 0 Å². The lowest BCUT2D eigenvalue weighted by Gasteiger charge is -2.07. The van der Waals surface area contributed by atoms with Crippen molar-refractivity contribution in [2.75, 3.05) is 13.2 Å². The van der Waals surface area contributed by atoms with Gasteiger partial charge in [-0.2, -0.15) is 0 Å². The zero-order valence-corrected chi connectivity index (χ0v) is 12.8. The highest BCUT2D eigenvalue weighted by Gasteiger charge is 2.10. The van der Waals surface area contributed by atoms with E-state index in [4.69, 9.17) is 4.74 Å². The summed E-state index contributed by atoms with van der Waals surface area (Å²) >= 11 is 1.20. The molecule has 1 aromatic heterocycles. The van der Waals surface area contributed by atoms with Gasteiger partial charge in [0, 0.05) is 0 Å². The highest BCUT2D eigenvalue weighted by atomic mass is 32.1. The van der Waals surface area contributed by atoms with Gasteiger partial charge in [-0.15, -0.1) is 11.3 Å². The van der Waals surface area contributed by atoms with Gasteiger partial charge in [0.2, 0.25) is 0 Å². The molecule has 0 saturated carbocycles. The zero-order valence-electron chi connectivity index (χ0n) is 12.0. The molecule has 5 heteroatoms. The van der Waals surface area contributed by atoms with Gasteiger partial charge in [-0.3, -0.25) is 9.59 Å². The Hall–Kier alpha value is -2.14. The molecule has 0 aliphatic carbocycles. The van der Waals surface area contributed by atoms with Crippen LogP contribution in [-0.4, -0.2) is 24.8 Å². The summed E-state index contributed by atoms with van der Waals surface area (Å²) in [5.74, 6) is 0.576. The molecule has 0 unspecified atom stereocenters. The van der Waals surface area contributed by atoms with Gasteiger partial charge >= 0.3 is 0 Å². The predicted molar refractivity (Wildman–Crippen MR) is 83.3 cm³/mol. The van der Waals surface area contributed by atoms with E-state index in [-0.39, 0.29) is 11.7 Å². The van der Waals surface area contributed by atoms with Crippen molar-refractivity contribution < 1.29 is 14.3 Å². The number of hydrogen-bond acceptors (Lipinski definition) is 4. The fourth-order valence-corrected chi connectivity index (χ4v) is 2.52. The van der Waals surface area contributed by atoms with Gasteiger partial charge in [-0.05, 0) is 38.1 Å². The molecule has 110 valence electrons.